The fourth-order valence-electron chi connectivity index (χ4n) is 2.68. The van der Waals surface area contributed by atoms with E-state index in [0.29, 0.717) is 17.8 Å². The van der Waals surface area contributed by atoms with E-state index in [1.165, 1.54) is 18.4 Å². The summed E-state index contributed by atoms with van der Waals surface area (Å²) in [5.74, 6) is -0.101. The van der Waals surface area contributed by atoms with Gasteiger partial charge in [0.15, 0.2) is 0 Å². The summed E-state index contributed by atoms with van der Waals surface area (Å²) >= 11 is 0. The van der Waals surface area contributed by atoms with E-state index in [1.807, 2.05) is 0 Å². The first kappa shape index (κ1) is 12.3. The molecule has 1 aliphatic carbocycles. The van der Waals surface area contributed by atoms with E-state index in [9.17, 15) is 4.79 Å². The van der Waals surface area contributed by atoms with Gasteiger partial charge in [0, 0.05) is 6.42 Å². The van der Waals surface area contributed by atoms with Gasteiger partial charge in [-0.25, -0.2) is 0 Å². The Hall–Kier alpha value is -0.790. The van der Waals surface area contributed by atoms with Gasteiger partial charge in [0.2, 0.25) is 0 Å². The summed E-state index contributed by atoms with van der Waals surface area (Å²) in [7, 11) is 0. The molecule has 0 spiro atoms. The Kier molecular flexibility index (Phi) is 3.95. The Bertz CT molecular complexity index is 264. The zero-order valence-electron chi connectivity index (χ0n) is 10.0. The largest absolute Gasteiger partial charge is 0.481 e. The minimum absolute atomic E-state index is 0.305. The average molecular weight is 210 g/mol. The van der Waals surface area contributed by atoms with Crippen LogP contribution in [0.3, 0.4) is 0 Å². The average Bonchev–Trinajstić information content (AvgIpc) is 2.09. The zero-order chi connectivity index (χ0) is 11.5. The van der Waals surface area contributed by atoms with Crippen LogP contribution in [0.1, 0.15) is 52.9 Å². The molecule has 2 heteroatoms. The molecule has 0 aromatic carbocycles. The molecular weight excluding hydrogens is 188 g/mol. The predicted octanol–water partition coefficient (Wildman–Crippen LogP) is 3.62. The smallest absolute Gasteiger partial charge is 0.303 e. The lowest BCUT2D eigenvalue weighted by Gasteiger charge is -2.38. The molecule has 1 atom stereocenters. The molecule has 15 heavy (non-hydrogen) atoms. The van der Waals surface area contributed by atoms with Crippen molar-refractivity contribution in [2.75, 3.05) is 0 Å². The van der Waals surface area contributed by atoms with Crippen LogP contribution in [0.2, 0.25) is 0 Å². The van der Waals surface area contributed by atoms with Crippen molar-refractivity contribution in [1.82, 2.24) is 0 Å². The van der Waals surface area contributed by atoms with Gasteiger partial charge in [-0.05, 0) is 43.9 Å². The summed E-state index contributed by atoms with van der Waals surface area (Å²) in [6.45, 7) is 6.79. The fraction of sp³-hybridized carbons (Fsp3) is 0.769. The van der Waals surface area contributed by atoms with Crippen LogP contribution in [0, 0.1) is 11.3 Å². The van der Waals surface area contributed by atoms with Crippen LogP contribution in [0.5, 0.6) is 0 Å². The Morgan fingerprint density at radius 2 is 2.27 bits per heavy atom. The summed E-state index contributed by atoms with van der Waals surface area (Å²) in [5, 5.41) is 8.62. The first-order valence-corrected chi connectivity index (χ1v) is 5.82. The third-order valence-electron chi connectivity index (χ3n) is 3.63. The van der Waals surface area contributed by atoms with Gasteiger partial charge >= 0.3 is 5.97 Å². The number of hydrogen-bond acceptors (Lipinski definition) is 1. The quantitative estimate of drug-likeness (QED) is 0.719. The van der Waals surface area contributed by atoms with E-state index in [1.54, 1.807) is 0 Å². The molecule has 0 radical (unpaired) electrons. The standard InChI is InChI=1S/C13H22O2/c1-10-6-5-9-13(2,3)11(10)7-4-8-12(14)15/h6,11H,4-5,7-9H2,1-3H3,(H,14,15). The van der Waals surface area contributed by atoms with Crippen molar-refractivity contribution in [3.05, 3.63) is 11.6 Å². The molecule has 1 N–H and O–H groups in total. The van der Waals surface area contributed by atoms with Crippen LogP contribution >= 0.6 is 0 Å². The van der Waals surface area contributed by atoms with Gasteiger partial charge in [-0.15, -0.1) is 0 Å². The molecule has 1 aliphatic rings. The number of carboxylic acid groups (broad SMARTS) is 1. The minimum Gasteiger partial charge on any atom is -0.481 e. The van der Waals surface area contributed by atoms with Crippen molar-refractivity contribution < 1.29 is 9.90 Å². The first-order valence-electron chi connectivity index (χ1n) is 5.82. The Labute approximate surface area is 92.4 Å². The summed E-state index contributed by atoms with van der Waals surface area (Å²) in [4.78, 5) is 10.5. The number of hydrogen-bond donors (Lipinski definition) is 1. The lowest BCUT2D eigenvalue weighted by atomic mass is 9.67. The zero-order valence-corrected chi connectivity index (χ0v) is 10.0. The summed E-state index contributed by atoms with van der Waals surface area (Å²) < 4.78 is 0. The molecule has 0 amide bonds. The van der Waals surface area contributed by atoms with E-state index in [0.717, 1.165) is 12.8 Å². The maximum atomic E-state index is 10.5. The molecule has 1 unspecified atom stereocenters. The topological polar surface area (TPSA) is 37.3 Å². The molecule has 0 saturated heterocycles. The second-order valence-electron chi connectivity index (χ2n) is 5.31. The van der Waals surface area contributed by atoms with E-state index < -0.39 is 5.97 Å². The maximum Gasteiger partial charge on any atom is 0.303 e. The number of rotatable bonds is 4. The van der Waals surface area contributed by atoms with Crippen molar-refractivity contribution in [2.45, 2.75) is 52.9 Å². The fourth-order valence-corrected chi connectivity index (χ4v) is 2.68. The summed E-state index contributed by atoms with van der Waals surface area (Å²) in [6, 6.07) is 0. The normalized spacial score (nSPS) is 24.7. The molecule has 1 rings (SSSR count). The van der Waals surface area contributed by atoms with Crippen molar-refractivity contribution >= 4 is 5.97 Å². The SMILES string of the molecule is CC1=CCCC(C)(C)C1CCCC(=O)O. The monoisotopic (exact) mass is 210 g/mol. The molecule has 0 heterocycles. The highest BCUT2D eigenvalue weighted by atomic mass is 16.4. The highest BCUT2D eigenvalue weighted by Crippen LogP contribution is 2.43. The molecule has 0 fully saturated rings. The van der Waals surface area contributed by atoms with Gasteiger partial charge in [-0.1, -0.05) is 25.5 Å². The van der Waals surface area contributed by atoms with Crippen LogP contribution in [0.15, 0.2) is 11.6 Å². The van der Waals surface area contributed by atoms with Crippen molar-refractivity contribution in [2.24, 2.45) is 11.3 Å². The van der Waals surface area contributed by atoms with Gasteiger partial charge in [0.1, 0.15) is 0 Å². The van der Waals surface area contributed by atoms with E-state index >= 15 is 0 Å². The van der Waals surface area contributed by atoms with E-state index in [-0.39, 0.29) is 0 Å². The molecular formula is C13H22O2. The second-order valence-corrected chi connectivity index (χ2v) is 5.31. The van der Waals surface area contributed by atoms with E-state index in [2.05, 4.69) is 26.8 Å². The van der Waals surface area contributed by atoms with Gasteiger partial charge in [-0.3, -0.25) is 4.79 Å². The van der Waals surface area contributed by atoms with Gasteiger partial charge in [-0.2, -0.15) is 0 Å². The Morgan fingerprint density at radius 1 is 1.60 bits per heavy atom. The van der Waals surface area contributed by atoms with Crippen LogP contribution in [-0.4, -0.2) is 11.1 Å². The molecule has 0 bridgehead atoms. The number of aliphatic carboxylic acids is 1. The van der Waals surface area contributed by atoms with Crippen LogP contribution in [0.25, 0.3) is 0 Å². The maximum absolute atomic E-state index is 10.5. The number of allylic oxidation sites excluding steroid dienone is 2. The predicted molar refractivity (Wildman–Crippen MR) is 61.7 cm³/mol. The molecule has 86 valence electrons. The lowest BCUT2D eigenvalue weighted by molar-refractivity contribution is -0.137. The van der Waals surface area contributed by atoms with E-state index in [4.69, 9.17) is 5.11 Å². The minimum atomic E-state index is -0.676. The molecule has 0 aliphatic heterocycles. The van der Waals surface area contributed by atoms with Crippen molar-refractivity contribution in [3.63, 3.8) is 0 Å². The Balaban J connectivity index is 2.53. The van der Waals surface area contributed by atoms with Crippen LogP contribution in [0.4, 0.5) is 0 Å². The molecule has 0 aromatic heterocycles. The summed E-state index contributed by atoms with van der Waals surface area (Å²) in [6.07, 6.45) is 6.84. The third-order valence-corrected chi connectivity index (χ3v) is 3.63. The highest BCUT2D eigenvalue weighted by Gasteiger charge is 2.32. The molecule has 0 saturated carbocycles. The van der Waals surface area contributed by atoms with Gasteiger partial charge in [0.25, 0.3) is 0 Å². The van der Waals surface area contributed by atoms with Crippen molar-refractivity contribution in [3.8, 4) is 0 Å². The van der Waals surface area contributed by atoms with Gasteiger partial charge in [0.05, 0.1) is 0 Å². The first-order chi connectivity index (χ1) is 6.93. The third kappa shape index (κ3) is 3.37. The number of carbonyl (C=O) groups is 1. The van der Waals surface area contributed by atoms with Crippen molar-refractivity contribution in [1.29, 1.82) is 0 Å². The second kappa shape index (κ2) is 4.82. The Morgan fingerprint density at radius 3 is 2.80 bits per heavy atom. The lowest BCUT2D eigenvalue weighted by Crippen LogP contribution is -2.28. The molecule has 2 nitrogen and oxygen atoms in total. The van der Waals surface area contributed by atoms with Crippen LogP contribution < -0.4 is 0 Å². The number of carboxylic acids is 1. The van der Waals surface area contributed by atoms with Gasteiger partial charge < -0.3 is 5.11 Å². The highest BCUT2D eigenvalue weighted by molar-refractivity contribution is 5.66. The summed E-state index contributed by atoms with van der Waals surface area (Å²) in [5.41, 5.74) is 1.80. The molecule has 0 aromatic rings. The van der Waals surface area contributed by atoms with Crippen LogP contribution in [-0.2, 0) is 4.79 Å².